The summed E-state index contributed by atoms with van der Waals surface area (Å²) in [5.74, 6) is 0.866. The zero-order valence-electron chi connectivity index (χ0n) is 23.5. The Hall–Kier alpha value is -3.31. The lowest BCUT2D eigenvalue weighted by atomic mass is 9.91. The van der Waals surface area contributed by atoms with Gasteiger partial charge in [0.25, 0.3) is 5.56 Å². The number of carbonyl (C=O) groups excluding carboxylic acids is 1. The Morgan fingerprint density at radius 3 is 2.80 bits per heavy atom. The molecule has 0 saturated carbocycles. The molecule has 3 aromatic rings. The lowest BCUT2D eigenvalue weighted by Crippen LogP contribution is -2.38. The molecule has 5 rings (SSSR count). The average Bonchev–Trinajstić information content (AvgIpc) is 3.35. The minimum atomic E-state index is -0.518. The second kappa shape index (κ2) is 12.5. The fourth-order valence-corrected chi connectivity index (χ4v) is 5.63. The highest BCUT2D eigenvalue weighted by molar-refractivity contribution is 5.79. The summed E-state index contributed by atoms with van der Waals surface area (Å²) in [6.45, 7) is 9.38. The number of aryl methyl sites for hydroxylation is 1. The number of amides is 1. The Morgan fingerprint density at radius 2 is 2.02 bits per heavy atom. The number of ether oxygens (including phenoxy) is 2. The number of piperidine rings is 1. The average molecular weight is 556 g/mol. The van der Waals surface area contributed by atoms with E-state index in [9.17, 15) is 14.0 Å². The predicted molar refractivity (Wildman–Crippen MR) is 147 cm³/mol. The summed E-state index contributed by atoms with van der Waals surface area (Å²) < 4.78 is 31.6. The zero-order valence-corrected chi connectivity index (χ0v) is 23.5. The lowest BCUT2D eigenvalue weighted by Gasteiger charge is -2.31. The summed E-state index contributed by atoms with van der Waals surface area (Å²) in [6, 6.07) is 4.57. The van der Waals surface area contributed by atoms with Gasteiger partial charge < -0.3 is 24.2 Å². The number of rotatable bonds is 9. The second-order valence-corrected chi connectivity index (χ2v) is 11.2. The SMILES string of the molecule is Cc1nc2n(c(=O)c1CCN1CCC(c3noc4cc(F)ccc34)CC1)CCCC2OCOC(=O)NCC(C)C. The Morgan fingerprint density at radius 1 is 1.23 bits per heavy atom. The van der Waals surface area contributed by atoms with E-state index < -0.39 is 12.2 Å². The van der Waals surface area contributed by atoms with Crippen LogP contribution in [0.5, 0.6) is 0 Å². The molecule has 216 valence electrons. The Kier molecular flexibility index (Phi) is 8.80. The van der Waals surface area contributed by atoms with E-state index in [1.165, 1.54) is 12.1 Å². The van der Waals surface area contributed by atoms with Crippen LogP contribution < -0.4 is 10.9 Å². The molecule has 40 heavy (non-hydrogen) atoms. The predicted octanol–water partition coefficient (Wildman–Crippen LogP) is 4.45. The van der Waals surface area contributed by atoms with Gasteiger partial charge in [0.15, 0.2) is 12.4 Å². The molecule has 0 radical (unpaired) electrons. The molecule has 2 aliphatic heterocycles. The summed E-state index contributed by atoms with van der Waals surface area (Å²) in [4.78, 5) is 32.4. The third-order valence-electron chi connectivity index (χ3n) is 7.86. The maximum absolute atomic E-state index is 13.5. The van der Waals surface area contributed by atoms with Gasteiger partial charge in [-0.3, -0.25) is 9.36 Å². The van der Waals surface area contributed by atoms with Gasteiger partial charge in [-0.05, 0) is 70.2 Å². The first kappa shape index (κ1) is 28.2. The molecule has 1 aromatic carbocycles. The number of halogens is 1. The minimum absolute atomic E-state index is 0.0115. The van der Waals surface area contributed by atoms with Crippen LogP contribution in [0.4, 0.5) is 9.18 Å². The number of aromatic nitrogens is 3. The molecule has 2 aliphatic rings. The maximum Gasteiger partial charge on any atom is 0.409 e. The van der Waals surface area contributed by atoms with E-state index in [4.69, 9.17) is 19.0 Å². The number of carbonyl (C=O) groups is 1. The molecular formula is C29H38FN5O5. The van der Waals surface area contributed by atoms with Crippen molar-refractivity contribution in [3.05, 3.63) is 57.1 Å². The van der Waals surface area contributed by atoms with Crippen LogP contribution in [-0.4, -0.2) is 58.7 Å². The molecule has 11 heteroatoms. The Labute approximate surface area is 232 Å². The first-order chi connectivity index (χ1) is 19.3. The highest BCUT2D eigenvalue weighted by atomic mass is 19.1. The quantitative estimate of drug-likeness (QED) is 0.386. The fraction of sp³-hybridized carbons (Fsp3) is 0.586. The molecule has 1 saturated heterocycles. The van der Waals surface area contributed by atoms with Crippen molar-refractivity contribution in [2.45, 2.75) is 71.4 Å². The van der Waals surface area contributed by atoms with Gasteiger partial charge >= 0.3 is 6.09 Å². The molecule has 0 bridgehead atoms. The largest absolute Gasteiger partial charge is 0.422 e. The van der Waals surface area contributed by atoms with Crippen LogP contribution >= 0.6 is 0 Å². The molecular weight excluding hydrogens is 517 g/mol. The zero-order chi connectivity index (χ0) is 28.2. The van der Waals surface area contributed by atoms with Crippen LogP contribution in [0.3, 0.4) is 0 Å². The van der Waals surface area contributed by atoms with Gasteiger partial charge in [0.2, 0.25) is 0 Å². The molecule has 4 heterocycles. The Bertz CT molecular complexity index is 1400. The van der Waals surface area contributed by atoms with Gasteiger partial charge in [0.05, 0.1) is 5.69 Å². The van der Waals surface area contributed by atoms with E-state index in [-0.39, 0.29) is 24.1 Å². The van der Waals surface area contributed by atoms with Crippen molar-refractivity contribution in [3.8, 4) is 0 Å². The number of nitrogens with zero attached hydrogens (tertiary/aromatic N) is 4. The van der Waals surface area contributed by atoms with Gasteiger partial charge in [-0.1, -0.05) is 19.0 Å². The third kappa shape index (κ3) is 6.36. The number of alkyl carbamates (subject to hydrolysis) is 1. The van der Waals surface area contributed by atoms with Crippen molar-refractivity contribution >= 4 is 17.1 Å². The minimum Gasteiger partial charge on any atom is -0.422 e. The number of nitrogens with one attached hydrogen (secondary N) is 1. The van der Waals surface area contributed by atoms with Gasteiger partial charge in [-0.25, -0.2) is 14.2 Å². The summed E-state index contributed by atoms with van der Waals surface area (Å²) in [6.07, 6.45) is 3.07. The summed E-state index contributed by atoms with van der Waals surface area (Å²) in [5, 5.41) is 7.81. The fourth-order valence-electron chi connectivity index (χ4n) is 5.63. The first-order valence-electron chi connectivity index (χ1n) is 14.2. The van der Waals surface area contributed by atoms with Crippen LogP contribution in [0.1, 0.15) is 74.3 Å². The molecule has 10 nitrogen and oxygen atoms in total. The van der Waals surface area contributed by atoms with Crippen molar-refractivity contribution < 1.29 is 23.2 Å². The summed E-state index contributed by atoms with van der Waals surface area (Å²) in [7, 11) is 0. The number of likely N-dealkylation sites (tertiary alicyclic amines) is 1. The van der Waals surface area contributed by atoms with Crippen molar-refractivity contribution in [1.29, 1.82) is 0 Å². The molecule has 1 amide bonds. The molecule has 0 aliphatic carbocycles. The highest BCUT2D eigenvalue weighted by Gasteiger charge is 2.28. The van der Waals surface area contributed by atoms with Crippen molar-refractivity contribution in [2.75, 3.05) is 33.0 Å². The molecule has 1 fully saturated rings. The van der Waals surface area contributed by atoms with E-state index in [2.05, 4.69) is 15.4 Å². The molecule has 1 unspecified atom stereocenters. The van der Waals surface area contributed by atoms with Crippen molar-refractivity contribution in [3.63, 3.8) is 0 Å². The number of hydrogen-bond acceptors (Lipinski definition) is 8. The first-order valence-corrected chi connectivity index (χ1v) is 14.2. The van der Waals surface area contributed by atoms with Crippen LogP contribution in [0.15, 0.2) is 27.5 Å². The molecule has 2 aromatic heterocycles. The van der Waals surface area contributed by atoms with Crippen LogP contribution in [0.25, 0.3) is 11.0 Å². The Balaban J connectivity index is 1.16. The monoisotopic (exact) mass is 555 g/mol. The van der Waals surface area contributed by atoms with Crippen molar-refractivity contribution in [2.24, 2.45) is 5.92 Å². The van der Waals surface area contributed by atoms with Crippen LogP contribution in [0, 0.1) is 18.7 Å². The van der Waals surface area contributed by atoms with E-state index in [0.29, 0.717) is 43.3 Å². The highest BCUT2D eigenvalue weighted by Crippen LogP contribution is 2.33. The number of hydrogen-bond donors (Lipinski definition) is 1. The lowest BCUT2D eigenvalue weighted by molar-refractivity contribution is -0.0709. The van der Waals surface area contributed by atoms with E-state index in [0.717, 1.165) is 61.2 Å². The van der Waals surface area contributed by atoms with Crippen LogP contribution in [-0.2, 0) is 22.4 Å². The van der Waals surface area contributed by atoms with E-state index in [1.807, 2.05) is 20.8 Å². The van der Waals surface area contributed by atoms with Crippen molar-refractivity contribution in [1.82, 2.24) is 24.9 Å². The maximum atomic E-state index is 13.5. The van der Waals surface area contributed by atoms with E-state index in [1.54, 1.807) is 10.6 Å². The van der Waals surface area contributed by atoms with Crippen LogP contribution in [0.2, 0.25) is 0 Å². The smallest absolute Gasteiger partial charge is 0.409 e. The second-order valence-electron chi connectivity index (χ2n) is 11.2. The molecule has 1 N–H and O–H groups in total. The standard InChI is InChI=1S/C29H38FN5O5/c1-18(2)16-31-29(37)39-17-38-24-5-4-11-35-27(24)32-19(3)22(28(35)36)10-14-34-12-8-20(9-13-34)26-23-7-6-21(30)15-25(23)40-33-26/h6-7,15,18,20,24H,4-5,8-14,16-17H2,1-3H3,(H,31,37). The number of fused-ring (bicyclic) bond motifs is 2. The summed E-state index contributed by atoms with van der Waals surface area (Å²) >= 11 is 0. The van der Waals surface area contributed by atoms with Gasteiger partial charge in [-0.2, -0.15) is 0 Å². The third-order valence-corrected chi connectivity index (χ3v) is 7.86. The normalized spacial score (nSPS) is 18.3. The molecule has 1 atom stereocenters. The summed E-state index contributed by atoms with van der Waals surface area (Å²) in [5.41, 5.74) is 2.84. The topological polar surface area (TPSA) is 112 Å². The van der Waals surface area contributed by atoms with Gasteiger partial charge in [0.1, 0.15) is 17.7 Å². The number of benzene rings is 1. The van der Waals surface area contributed by atoms with Gasteiger partial charge in [0, 0.05) is 48.3 Å². The van der Waals surface area contributed by atoms with E-state index >= 15 is 0 Å². The van der Waals surface area contributed by atoms with Gasteiger partial charge in [-0.15, -0.1) is 0 Å². The molecule has 0 spiro atoms.